The minimum Gasteiger partial charge on any atom is -0.488 e. The summed E-state index contributed by atoms with van der Waals surface area (Å²) in [7, 11) is 0. The van der Waals surface area contributed by atoms with Gasteiger partial charge in [-0.1, -0.05) is 54.6 Å². The number of aryl methyl sites for hydroxylation is 2. The molecule has 4 rings (SSSR count). The Kier molecular flexibility index (Phi) is 5.45. The van der Waals surface area contributed by atoms with Crippen LogP contribution in [-0.2, 0) is 6.61 Å². The van der Waals surface area contributed by atoms with E-state index in [-0.39, 0.29) is 17.9 Å². The Bertz CT molecular complexity index is 1280. The van der Waals surface area contributed by atoms with Gasteiger partial charge in [-0.05, 0) is 37.1 Å². The lowest BCUT2D eigenvalue weighted by Crippen LogP contribution is -2.20. The smallest absolute Gasteiger partial charge is 0.291 e. The molecule has 31 heavy (non-hydrogen) atoms. The number of primary amides is 1. The second-order valence-corrected chi connectivity index (χ2v) is 7.28. The van der Waals surface area contributed by atoms with E-state index >= 15 is 0 Å². The van der Waals surface area contributed by atoms with Gasteiger partial charge in [0.15, 0.2) is 5.76 Å². The molecule has 0 unspecified atom stereocenters. The maximum Gasteiger partial charge on any atom is 0.291 e. The molecule has 0 fully saturated rings. The zero-order valence-corrected chi connectivity index (χ0v) is 17.3. The van der Waals surface area contributed by atoms with Crippen LogP contribution in [0.5, 0.6) is 5.75 Å². The molecule has 4 aromatic rings. The van der Waals surface area contributed by atoms with E-state index in [2.05, 4.69) is 5.32 Å². The van der Waals surface area contributed by atoms with Crippen LogP contribution in [0, 0.1) is 13.8 Å². The Hall–Kier alpha value is -4.06. The number of carbonyl (C=O) groups is 2. The summed E-state index contributed by atoms with van der Waals surface area (Å²) in [4.78, 5) is 25.3. The fraction of sp³-hybridized carbons (Fsp3) is 0.120. The van der Waals surface area contributed by atoms with Gasteiger partial charge >= 0.3 is 0 Å². The van der Waals surface area contributed by atoms with Crippen molar-refractivity contribution in [1.29, 1.82) is 0 Å². The summed E-state index contributed by atoms with van der Waals surface area (Å²) in [6.45, 7) is 3.87. The summed E-state index contributed by atoms with van der Waals surface area (Å²) in [6.07, 6.45) is 0. The van der Waals surface area contributed by atoms with E-state index in [9.17, 15) is 9.59 Å². The average molecular weight is 414 g/mol. The van der Waals surface area contributed by atoms with Crippen molar-refractivity contribution in [2.75, 3.05) is 5.32 Å². The Morgan fingerprint density at radius 3 is 2.39 bits per heavy atom. The third-order valence-electron chi connectivity index (χ3n) is 5.15. The molecule has 0 bridgehead atoms. The molecule has 0 radical (unpaired) electrons. The van der Waals surface area contributed by atoms with Crippen molar-refractivity contribution in [3.05, 3.63) is 94.7 Å². The predicted octanol–water partition coefficient (Wildman–Crippen LogP) is 4.98. The van der Waals surface area contributed by atoms with Crippen LogP contribution in [0.3, 0.4) is 0 Å². The number of furan rings is 1. The van der Waals surface area contributed by atoms with Crippen LogP contribution in [0.15, 0.2) is 71.1 Å². The highest BCUT2D eigenvalue weighted by molar-refractivity contribution is 6.11. The molecule has 3 N–H and O–H groups in total. The molecule has 1 aromatic heterocycles. The first kappa shape index (κ1) is 20.2. The lowest BCUT2D eigenvalue weighted by Gasteiger charge is -2.16. The standard InChI is InChI=1S/C25H22N2O4/c1-15-12-13-20(30-14-17-8-4-3-5-9-17)21(24(26)28)22(15)27-25(29)23-16(2)18-10-6-7-11-19(18)31-23/h3-13H,14H2,1-2H3,(H2,26,28)(H,27,29). The maximum atomic E-state index is 13.0. The number of rotatable bonds is 6. The van der Waals surface area contributed by atoms with E-state index < -0.39 is 11.8 Å². The van der Waals surface area contributed by atoms with Crippen molar-refractivity contribution in [2.24, 2.45) is 5.73 Å². The third-order valence-corrected chi connectivity index (χ3v) is 5.15. The van der Waals surface area contributed by atoms with Crippen LogP contribution in [0.1, 0.15) is 37.6 Å². The SMILES string of the molecule is Cc1ccc(OCc2ccccc2)c(C(N)=O)c1NC(=O)c1oc2ccccc2c1C. The highest BCUT2D eigenvalue weighted by Gasteiger charge is 2.23. The summed E-state index contributed by atoms with van der Waals surface area (Å²) in [5, 5.41) is 3.66. The van der Waals surface area contributed by atoms with Crippen LogP contribution in [0.4, 0.5) is 5.69 Å². The van der Waals surface area contributed by atoms with Crippen molar-refractivity contribution in [3.8, 4) is 5.75 Å². The van der Waals surface area contributed by atoms with E-state index in [0.29, 0.717) is 22.6 Å². The number of carbonyl (C=O) groups excluding carboxylic acids is 2. The molecule has 0 aliphatic rings. The number of benzene rings is 3. The number of para-hydroxylation sites is 1. The first-order chi connectivity index (χ1) is 15.0. The highest BCUT2D eigenvalue weighted by atomic mass is 16.5. The lowest BCUT2D eigenvalue weighted by atomic mass is 10.1. The quantitative estimate of drug-likeness (QED) is 0.465. The van der Waals surface area contributed by atoms with E-state index in [4.69, 9.17) is 14.9 Å². The number of hydrogen-bond acceptors (Lipinski definition) is 4. The number of nitrogens with two attached hydrogens (primary N) is 1. The maximum absolute atomic E-state index is 13.0. The molecule has 0 spiro atoms. The second-order valence-electron chi connectivity index (χ2n) is 7.28. The van der Waals surface area contributed by atoms with Crippen LogP contribution in [0.2, 0.25) is 0 Å². The largest absolute Gasteiger partial charge is 0.488 e. The Morgan fingerprint density at radius 2 is 1.68 bits per heavy atom. The Morgan fingerprint density at radius 1 is 0.968 bits per heavy atom. The van der Waals surface area contributed by atoms with Gasteiger partial charge in [0.25, 0.3) is 11.8 Å². The van der Waals surface area contributed by atoms with E-state index in [1.54, 1.807) is 25.1 Å². The first-order valence-corrected chi connectivity index (χ1v) is 9.85. The van der Waals surface area contributed by atoms with Gasteiger partial charge in [0.05, 0.1) is 5.69 Å². The normalized spacial score (nSPS) is 10.8. The summed E-state index contributed by atoms with van der Waals surface area (Å²) in [6, 6.07) is 20.4. The molecular weight excluding hydrogens is 392 g/mol. The fourth-order valence-electron chi connectivity index (χ4n) is 3.51. The lowest BCUT2D eigenvalue weighted by molar-refractivity contribution is 0.0996. The van der Waals surface area contributed by atoms with E-state index in [1.807, 2.05) is 55.5 Å². The summed E-state index contributed by atoms with van der Waals surface area (Å²) < 4.78 is 11.6. The van der Waals surface area contributed by atoms with Gasteiger partial charge in [-0.15, -0.1) is 0 Å². The van der Waals surface area contributed by atoms with Gasteiger partial charge in [0, 0.05) is 10.9 Å². The molecule has 6 nitrogen and oxygen atoms in total. The summed E-state index contributed by atoms with van der Waals surface area (Å²) >= 11 is 0. The molecule has 0 aliphatic heterocycles. The number of nitrogens with one attached hydrogen (secondary N) is 1. The van der Waals surface area contributed by atoms with Gasteiger partial charge in [-0.2, -0.15) is 0 Å². The molecule has 0 aliphatic carbocycles. The van der Waals surface area contributed by atoms with Crippen molar-refractivity contribution >= 4 is 28.5 Å². The molecule has 0 saturated carbocycles. The van der Waals surface area contributed by atoms with Crippen LogP contribution in [-0.4, -0.2) is 11.8 Å². The summed E-state index contributed by atoms with van der Waals surface area (Å²) in [5.74, 6) is -0.659. The number of ether oxygens (including phenoxy) is 1. The van der Waals surface area contributed by atoms with Crippen molar-refractivity contribution < 1.29 is 18.7 Å². The molecule has 0 saturated heterocycles. The zero-order chi connectivity index (χ0) is 22.0. The Labute approximate surface area is 179 Å². The fourth-order valence-corrected chi connectivity index (χ4v) is 3.51. The van der Waals surface area contributed by atoms with Gasteiger partial charge < -0.3 is 20.2 Å². The van der Waals surface area contributed by atoms with Gasteiger partial charge in [-0.25, -0.2) is 0 Å². The van der Waals surface area contributed by atoms with Crippen LogP contribution in [0.25, 0.3) is 11.0 Å². The van der Waals surface area contributed by atoms with E-state index in [0.717, 1.165) is 16.5 Å². The molecule has 1 heterocycles. The minimum atomic E-state index is -0.691. The molecule has 3 aromatic carbocycles. The number of hydrogen-bond donors (Lipinski definition) is 2. The molecule has 0 atom stereocenters. The average Bonchev–Trinajstić information content (AvgIpc) is 3.11. The third kappa shape index (κ3) is 4.00. The Balaban J connectivity index is 1.67. The zero-order valence-electron chi connectivity index (χ0n) is 17.3. The monoisotopic (exact) mass is 414 g/mol. The van der Waals surface area contributed by atoms with Gasteiger partial charge in [0.2, 0.25) is 0 Å². The van der Waals surface area contributed by atoms with Crippen molar-refractivity contribution in [1.82, 2.24) is 0 Å². The van der Waals surface area contributed by atoms with E-state index in [1.165, 1.54) is 0 Å². The first-order valence-electron chi connectivity index (χ1n) is 9.85. The topological polar surface area (TPSA) is 94.6 Å². The highest BCUT2D eigenvalue weighted by Crippen LogP contribution is 2.32. The molecule has 156 valence electrons. The summed E-state index contributed by atoms with van der Waals surface area (Å²) in [5.41, 5.74) is 9.07. The second kappa shape index (κ2) is 8.36. The minimum absolute atomic E-state index is 0.123. The number of anilines is 1. The predicted molar refractivity (Wildman–Crippen MR) is 119 cm³/mol. The molecule has 6 heteroatoms. The van der Waals surface area contributed by atoms with Crippen LogP contribution >= 0.6 is 0 Å². The molecule has 2 amide bonds. The van der Waals surface area contributed by atoms with Gasteiger partial charge in [-0.3, -0.25) is 9.59 Å². The number of fused-ring (bicyclic) bond motifs is 1. The van der Waals surface area contributed by atoms with Crippen molar-refractivity contribution in [3.63, 3.8) is 0 Å². The van der Waals surface area contributed by atoms with Gasteiger partial charge in [0.1, 0.15) is 23.5 Å². The van der Waals surface area contributed by atoms with Crippen molar-refractivity contribution in [2.45, 2.75) is 20.5 Å². The van der Waals surface area contributed by atoms with Crippen LogP contribution < -0.4 is 15.8 Å². The molecular formula is C25H22N2O4. The number of amides is 2.